The highest BCUT2D eigenvalue weighted by atomic mass is 32.3. The fourth-order valence-electron chi connectivity index (χ4n) is 1.22. The van der Waals surface area contributed by atoms with E-state index in [4.69, 9.17) is 5.11 Å². The zero-order chi connectivity index (χ0) is 16.8. The molecule has 0 heterocycles. The number of rotatable bonds is 11. The molecule has 0 saturated heterocycles. The Labute approximate surface area is 123 Å². The minimum atomic E-state index is -4.41. The van der Waals surface area contributed by atoms with E-state index in [0.29, 0.717) is 50.3 Å². The number of hydrogen-bond donors (Lipinski definition) is 1. The SMILES string of the molecule is COS(=O)(=O)[O-].C[N+](CCO)(CCOC=O)CCOC=O. The van der Waals surface area contributed by atoms with Crippen LogP contribution in [0.2, 0.25) is 0 Å². The van der Waals surface area contributed by atoms with Crippen molar-refractivity contribution in [2.24, 2.45) is 0 Å². The normalized spacial score (nSPS) is 11.0. The molecule has 0 aliphatic carbocycles. The first-order chi connectivity index (χ1) is 9.74. The van der Waals surface area contributed by atoms with Gasteiger partial charge in [0.05, 0.1) is 20.8 Å². The summed E-state index contributed by atoms with van der Waals surface area (Å²) in [6.45, 7) is 3.12. The lowest BCUT2D eigenvalue weighted by molar-refractivity contribution is -0.910. The van der Waals surface area contributed by atoms with Gasteiger partial charge in [0.1, 0.15) is 32.8 Å². The smallest absolute Gasteiger partial charge is 0.293 e. The zero-order valence-electron chi connectivity index (χ0n) is 12.0. The number of quaternary nitrogens is 1. The molecule has 0 aromatic heterocycles. The van der Waals surface area contributed by atoms with Gasteiger partial charge in [0, 0.05) is 0 Å². The molecule has 0 aromatic rings. The van der Waals surface area contributed by atoms with Crippen molar-refractivity contribution < 1.29 is 45.8 Å². The Kier molecular flexibility index (Phi) is 13.1. The van der Waals surface area contributed by atoms with E-state index in [2.05, 4.69) is 13.7 Å². The van der Waals surface area contributed by atoms with Crippen LogP contribution in [0.25, 0.3) is 0 Å². The third-order valence-electron chi connectivity index (χ3n) is 2.48. The summed E-state index contributed by atoms with van der Waals surface area (Å²) in [4.78, 5) is 19.9. The lowest BCUT2D eigenvalue weighted by Crippen LogP contribution is -2.50. The van der Waals surface area contributed by atoms with Crippen LogP contribution in [0.3, 0.4) is 0 Å². The molecule has 0 bridgehead atoms. The second-order valence-electron chi connectivity index (χ2n) is 4.02. The minimum Gasteiger partial charge on any atom is -0.726 e. The van der Waals surface area contributed by atoms with Crippen LogP contribution in [-0.2, 0) is 33.6 Å². The van der Waals surface area contributed by atoms with Crippen LogP contribution in [0.1, 0.15) is 0 Å². The molecule has 0 atom stereocenters. The van der Waals surface area contributed by atoms with Crippen molar-refractivity contribution in [2.45, 2.75) is 0 Å². The summed E-state index contributed by atoms with van der Waals surface area (Å²) >= 11 is 0. The number of hydrogen-bond acceptors (Lipinski definition) is 9. The summed E-state index contributed by atoms with van der Waals surface area (Å²) in [5, 5.41) is 8.88. The van der Waals surface area contributed by atoms with Crippen LogP contribution in [0.4, 0.5) is 0 Å². The Morgan fingerprint density at radius 1 is 1.10 bits per heavy atom. The van der Waals surface area contributed by atoms with Crippen molar-refractivity contribution in [1.82, 2.24) is 0 Å². The summed E-state index contributed by atoms with van der Waals surface area (Å²) in [7, 11) is -1.70. The number of likely N-dealkylation sites (N-methyl/N-ethyl adjacent to an activating group) is 1. The molecule has 0 unspecified atom stereocenters. The van der Waals surface area contributed by atoms with Gasteiger partial charge in [0.15, 0.2) is 0 Å². The van der Waals surface area contributed by atoms with E-state index >= 15 is 0 Å². The van der Waals surface area contributed by atoms with Crippen molar-refractivity contribution in [3.05, 3.63) is 0 Å². The van der Waals surface area contributed by atoms with E-state index < -0.39 is 10.4 Å². The third kappa shape index (κ3) is 16.7. The molecular weight excluding hydrogens is 310 g/mol. The van der Waals surface area contributed by atoms with Gasteiger partial charge >= 0.3 is 0 Å². The van der Waals surface area contributed by atoms with Crippen molar-refractivity contribution >= 4 is 23.3 Å². The molecule has 10 nitrogen and oxygen atoms in total. The first-order valence-corrected chi connectivity index (χ1v) is 7.14. The lowest BCUT2D eigenvalue weighted by Gasteiger charge is -2.33. The highest BCUT2D eigenvalue weighted by molar-refractivity contribution is 7.80. The fraction of sp³-hybridized carbons (Fsp3) is 0.800. The highest BCUT2D eigenvalue weighted by Crippen LogP contribution is 2.01. The molecule has 0 aliphatic rings. The second-order valence-corrected chi connectivity index (χ2v) is 5.17. The molecule has 1 N–H and O–H groups in total. The molecule has 0 aromatic carbocycles. The molecule has 0 amide bonds. The van der Waals surface area contributed by atoms with E-state index in [1.165, 1.54) is 0 Å². The van der Waals surface area contributed by atoms with E-state index in [9.17, 15) is 22.6 Å². The van der Waals surface area contributed by atoms with Gasteiger partial charge in [-0.3, -0.25) is 13.8 Å². The standard InChI is InChI=1S/C9H18NO5.CH4O4S/c1-10(2-5-11,3-6-14-8-12)4-7-15-9-13;1-5-6(2,3)4/h8-9,11H,2-7H2,1H3;1H3,(H,2,3,4)/q+1;/p-1. The van der Waals surface area contributed by atoms with Crippen LogP contribution < -0.4 is 0 Å². The maximum atomic E-state index is 9.96. The number of carbonyl (C=O) groups is 2. The minimum absolute atomic E-state index is 0.0404. The quantitative estimate of drug-likeness (QED) is 0.148. The van der Waals surface area contributed by atoms with Gasteiger partial charge in [-0.15, -0.1) is 0 Å². The van der Waals surface area contributed by atoms with Crippen molar-refractivity contribution in [3.8, 4) is 0 Å². The van der Waals surface area contributed by atoms with Crippen molar-refractivity contribution in [3.63, 3.8) is 0 Å². The lowest BCUT2D eigenvalue weighted by atomic mass is 10.4. The van der Waals surface area contributed by atoms with E-state index in [1.54, 1.807) is 0 Å². The Bertz CT molecular complexity index is 357. The van der Waals surface area contributed by atoms with Gasteiger partial charge in [0.25, 0.3) is 12.9 Å². The van der Waals surface area contributed by atoms with Crippen LogP contribution in [0.15, 0.2) is 0 Å². The first kappa shape index (κ1) is 22.0. The zero-order valence-corrected chi connectivity index (χ0v) is 12.8. The Morgan fingerprint density at radius 3 is 1.71 bits per heavy atom. The Morgan fingerprint density at radius 2 is 1.48 bits per heavy atom. The molecular formula is C10H21NO9S. The second kappa shape index (κ2) is 12.5. The van der Waals surface area contributed by atoms with Crippen molar-refractivity contribution in [1.29, 1.82) is 0 Å². The van der Waals surface area contributed by atoms with Gasteiger partial charge in [-0.1, -0.05) is 0 Å². The number of nitrogens with zero attached hydrogens (tertiary/aromatic N) is 1. The van der Waals surface area contributed by atoms with E-state index in [-0.39, 0.29) is 6.61 Å². The van der Waals surface area contributed by atoms with E-state index in [0.717, 1.165) is 7.11 Å². The maximum absolute atomic E-state index is 9.96. The highest BCUT2D eigenvalue weighted by Gasteiger charge is 2.20. The number of carbonyl (C=O) groups excluding carboxylic acids is 2. The average molecular weight is 331 g/mol. The van der Waals surface area contributed by atoms with E-state index in [1.807, 2.05) is 7.05 Å². The number of ether oxygens (including phenoxy) is 2. The summed E-state index contributed by atoms with van der Waals surface area (Å²) in [6, 6.07) is 0. The molecule has 0 fully saturated rings. The van der Waals surface area contributed by atoms with Gasteiger partial charge in [-0.2, -0.15) is 0 Å². The topological polar surface area (TPSA) is 139 Å². The number of aliphatic hydroxyl groups is 1. The molecule has 0 rings (SSSR count). The number of aliphatic hydroxyl groups excluding tert-OH is 1. The summed E-state index contributed by atoms with van der Waals surface area (Å²) < 4.78 is 40.7. The molecule has 126 valence electrons. The molecule has 21 heavy (non-hydrogen) atoms. The molecule has 0 spiro atoms. The maximum Gasteiger partial charge on any atom is 0.293 e. The summed E-state index contributed by atoms with van der Waals surface area (Å²) in [6.07, 6.45) is 0. The Balaban J connectivity index is 0. The predicted octanol–water partition coefficient (Wildman–Crippen LogP) is -2.14. The molecule has 0 aliphatic heterocycles. The van der Waals surface area contributed by atoms with Crippen LogP contribution in [0.5, 0.6) is 0 Å². The van der Waals surface area contributed by atoms with Gasteiger partial charge in [-0.05, 0) is 0 Å². The monoisotopic (exact) mass is 331 g/mol. The fourth-order valence-corrected chi connectivity index (χ4v) is 1.22. The summed E-state index contributed by atoms with van der Waals surface area (Å²) in [5.74, 6) is 0. The first-order valence-electron chi connectivity index (χ1n) is 5.81. The van der Waals surface area contributed by atoms with Crippen LogP contribution in [-0.4, -0.2) is 89.1 Å². The van der Waals surface area contributed by atoms with Crippen molar-refractivity contribution in [2.75, 3.05) is 53.6 Å². The van der Waals surface area contributed by atoms with Crippen LogP contribution in [0, 0.1) is 0 Å². The predicted molar refractivity (Wildman–Crippen MR) is 68.6 cm³/mol. The third-order valence-corrected chi connectivity index (χ3v) is 2.89. The molecule has 0 saturated carbocycles. The molecule has 11 heteroatoms. The molecule has 0 radical (unpaired) electrons. The Hall–Kier alpha value is -1.27. The summed E-state index contributed by atoms with van der Waals surface area (Å²) in [5.41, 5.74) is 0. The van der Waals surface area contributed by atoms with Gasteiger partial charge in [0.2, 0.25) is 10.4 Å². The van der Waals surface area contributed by atoms with Gasteiger partial charge < -0.3 is 23.6 Å². The van der Waals surface area contributed by atoms with Gasteiger partial charge in [-0.25, -0.2) is 8.42 Å². The average Bonchev–Trinajstić information content (AvgIpc) is 2.39. The largest absolute Gasteiger partial charge is 0.726 e. The van der Waals surface area contributed by atoms with Crippen LogP contribution >= 0.6 is 0 Å².